The van der Waals surface area contributed by atoms with Crippen LogP contribution in [0, 0.1) is 23.2 Å². The number of fused-ring (bicyclic) bond motifs is 1. The molecule has 5 atom stereocenters. The first-order chi connectivity index (χ1) is 14.4. The van der Waals surface area contributed by atoms with Crippen molar-refractivity contribution < 1.29 is 13.9 Å². The predicted octanol–water partition coefficient (Wildman–Crippen LogP) is 6.36. The zero-order valence-electron chi connectivity index (χ0n) is 18.8. The minimum absolute atomic E-state index is 0.0837. The maximum atomic E-state index is 12.7. The molecular formula is C26H41F2NO. The van der Waals surface area contributed by atoms with Gasteiger partial charge in [-0.15, -0.1) is 0 Å². The van der Waals surface area contributed by atoms with Crippen molar-refractivity contribution in [1.82, 2.24) is 4.90 Å². The largest absolute Gasteiger partial charge is 0.393 e. The fourth-order valence-electron chi connectivity index (χ4n) is 7.17. The fourth-order valence-corrected chi connectivity index (χ4v) is 7.17. The Kier molecular flexibility index (Phi) is 7.34. The van der Waals surface area contributed by atoms with E-state index in [-0.39, 0.29) is 18.4 Å². The molecule has 3 saturated carbocycles. The van der Waals surface area contributed by atoms with Crippen LogP contribution < -0.4 is 0 Å². The number of aliphatic hydroxyl groups is 1. The van der Waals surface area contributed by atoms with Gasteiger partial charge in [-0.05, 0) is 107 Å². The third-order valence-electron chi connectivity index (χ3n) is 8.90. The number of nitrogens with zero attached hydrogens (tertiary/aromatic N) is 1. The van der Waals surface area contributed by atoms with E-state index in [0.29, 0.717) is 11.3 Å². The van der Waals surface area contributed by atoms with Crippen LogP contribution in [0.4, 0.5) is 8.78 Å². The molecule has 3 unspecified atom stereocenters. The summed E-state index contributed by atoms with van der Waals surface area (Å²) in [5.74, 6) is 1.68. The molecule has 0 aromatic heterocycles. The van der Waals surface area contributed by atoms with Crippen LogP contribution in [0.25, 0.3) is 0 Å². The van der Waals surface area contributed by atoms with E-state index >= 15 is 0 Å². The molecule has 4 fully saturated rings. The van der Waals surface area contributed by atoms with E-state index in [1.54, 1.807) is 5.57 Å². The molecule has 4 aliphatic rings. The molecule has 0 aromatic rings. The van der Waals surface area contributed by atoms with Gasteiger partial charge < -0.3 is 10.0 Å². The van der Waals surface area contributed by atoms with Crippen molar-refractivity contribution in [2.75, 3.05) is 19.6 Å². The van der Waals surface area contributed by atoms with E-state index in [1.807, 2.05) is 0 Å². The predicted molar refractivity (Wildman–Crippen MR) is 119 cm³/mol. The summed E-state index contributed by atoms with van der Waals surface area (Å²) in [4.78, 5) is 2.45. The average molecular weight is 422 g/mol. The lowest BCUT2D eigenvalue weighted by Crippen LogP contribution is -2.35. The van der Waals surface area contributed by atoms with Crippen LogP contribution in [-0.4, -0.2) is 42.2 Å². The highest BCUT2D eigenvalue weighted by Gasteiger charge is 2.48. The molecule has 0 radical (unpaired) electrons. The summed E-state index contributed by atoms with van der Waals surface area (Å²) < 4.78 is 25.4. The second-order valence-electron chi connectivity index (χ2n) is 10.9. The van der Waals surface area contributed by atoms with Crippen LogP contribution in [0.2, 0.25) is 0 Å². The second-order valence-corrected chi connectivity index (χ2v) is 10.9. The first-order valence-electron chi connectivity index (χ1n) is 12.5. The molecule has 0 bridgehead atoms. The second kappa shape index (κ2) is 9.81. The van der Waals surface area contributed by atoms with Crippen molar-refractivity contribution in [1.29, 1.82) is 0 Å². The highest BCUT2D eigenvalue weighted by atomic mass is 19.3. The van der Waals surface area contributed by atoms with Gasteiger partial charge in [0.2, 0.25) is 6.43 Å². The number of hydrogen-bond donors (Lipinski definition) is 1. The zero-order chi connectivity index (χ0) is 21.1. The molecule has 0 spiro atoms. The molecule has 1 N–H and O–H groups in total. The fraction of sp³-hybridized carbons (Fsp3) is 0.846. The smallest absolute Gasteiger partial charge is 0.238 e. The molecule has 4 rings (SSSR count). The topological polar surface area (TPSA) is 23.5 Å². The van der Waals surface area contributed by atoms with Crippen molar-refractivity contribution in [3.8, 4) is 0 Å². The van der Waals surface area contributed by atoms with Crippen molar-refractivity contribution >= 4 is 0 Å². The minimum Gasteiger partial charge on any atom is -0.393 e. The minimum atomic E-state index is -2.15. The van der Waals surface area contributed by atoms with Gasteiger partial charge in [0.15, 0.2) is 0 Å². The molecule has 1 saturated heterocycles. The molecule has 30 heavy (non-hydrogen) atoms. The average Bonchev–Trinajstić information content (AvgIpc) is 3.28. The lowest BCUT2D eigenvalue weighted by Gasteiger charge is -2.43. The monoisotopic (exact) mass is 421 g/mol. The lowest BCUT2D eigenvalue weighted by atomic mass is 9.63. The summed E-state index contributed by atoms with van der Waals surface area (Å²) in [6, 6.07) is 0. The number of likely N-dealkylation sites (tertiary alicyclic amines) is 1. The van der Waals surface area contributed by atoms with E-state index in [4.69, 9.17) is 0 Å². The Balaban J connectivity index is 1.33. The summed E-state index contributed by atoms with van der Waals surface area (Å²) in [7, 11) is 0. The summed E-state index contributed by atoms with van der Waals surface area (Å²) >= 11 is 0. The van der Waals surface area contributed by atoms with E-state index in [9.17, 15) is 13.9 Å². The number of aliphatic hydroxyl groups excluding tert-OH is 1. The van der Waals surface area contributed by atoms with Crippen LogP contribution >= 0.6 is 0 Å². The number of hydrogen-bond acceptors (Lipinski definition) is 2. The van der Waals surface area contributed by atoms with Gasteiger partial charge in [0, 0.05) is 13.0 Å². The normalized spacial score (nSPS) is 40.6. The standard InChI is InChI=1S/C26H41F2NO/c1-26-13-3-5-21(8-7-19-4-2-6-23(30)16-19)24(26)10-9-22(26)12-15-29-14-11-20(18-29)17-25(27)28/h7-8,20,22-25,30H,2-6,9-18H2,1H3/b19-7-,21-8+/t20-,22-,23?,24?,26?/m1/s1. The maximum absolute atomic E-state index is 12.7. The summed E-state index contributed by atoms with van der Waals surface area (Å²) in [6.07, 6.45) is 15.3. The van der Waals surface area contributed by atoms with Crippen molar-refractivity contribution in [2.45, 2.75) is 96.5 Å². The number of halogens is 2. The molecule has 0 aromatic carbocycles. The molecule has 1 aliphatic heterocycles. The van der Waals surface area contributed by atoms with E-state index in [1.165, 1.54) is 44.1 Å². The third-order valence-corrected chi connectivity index (χ3v) is 8.90. The quantitative estimate of drug-likeness (QED) is 0.539. The summed E-state index contributed by atoms with van der Waals surface area (Å²) in [5, 5.41) is 9.95. The van der Waals surface area contributed by atoms with Gasteiger partial charge in [-0.1, -0.05) is 30.2 Å². The Morgan fingerprint density at radius 2 is 2.00 bits per heavy atom. The van der Waals surface area contributed by atoms with Crippen LogP contribution in [0.1, 0.15) is 84.0 Å². The van der Waals surface area contributed by atoms with Crippen LogP contribution in [0.5, 0.6) is 0 Å². The molecule has 4 heteroatoms. The van der Waals surface area contributed by atoms with Gasteiger partial charge in [0.1, 0.15) is 0 Å². The van der Waals surface area contributed by atoms with Crippen LogP contribution in [0.3, 0.4) is 0 Å². The Morgan fingerprint density at radius 3 is 2.80 bits per heavy atom. The Hall–Kier alpha value is -0.740. The number of alkyl halides is 2. The molecule has 1 heterocycles. The molecular weight excluding hydrogens is 380 g/mol. The number of allylic oxidation sites excluding steroid dienone is 3. The highest BCUT2D eigenvalue weighted by Crippen LogP contribution is 2.58. The van der Waals surface area contributed by atoms with Gasteiger partial charge in [-0.2, -0.15) is 0 Å². The van der Waals surface area contributed by atoms with E-state index in [2.05, 4.69) is 24.0 Å². The Labute approximate surface area is 181 Å². The highest BCUT2D eigenvalue weighted by molar-refractivity contribution is 5.25. The van der Waals surface area contributed by atoms with Gasteiger partial charge in [0.25, 0.3) is 0 Å². The number of rotatable bonds is 6. The van der Waals surface area contributed by atoms with E-state index < -0.39 is 6.43 Å². The third kappa shape index (κ3) is 5.18. The van der Waals surface area contributed by atoms with Gasteiger partial charge in [0.05, 0.1) is 6.10 Å². The molecule has 3 aliphatic carbocycles. The first-order valence-corrected chi connectivity index (χ1v) is 12.5. The van der Waals surface area contributed by atoms with E-state index in [0.717, 1.165) is 57.7 Å². The van der Waals surface area contributed by atoms with Crippen LogP contribution in [-0.2, 0) is 0 Å². The Bertz CT molecular complexity index is 645. The summed E-state index contributed by atoms with van der Waals surface area (Å²) in [6.45, 7) is 5.51. The SMILES string of the molecule is CC12CCC/C(=C\C=C3\CCCC(O)C3)C1CC[C@@H]2CCN1CC[C@H](CC(F)F)C1. The van der Waals surface area contributed by atoms with Crippen molar-refractivity contribution in [3.63, 3.8) is 0 Å². The van der Waals surface area contributed by atoms with Crippen molar-refractivity contribution in [3.05, 3.63) is 23.3 Å². The lowest BCUT2D eigenvalue weighted by molar-refractivity contribution is 0.110. The van der Waals surface area contributed by atoms with Crippen LogP contribution in [0.15, 0.2) is 23.3 Å². The molecule has 170 valence electrons. The summed E-state index contributed by atoms with van der Waals surface area (Å²) in [5.41, 5.74) is 3.49. The van der Waals surface area contributed by atoms with Crippen molar-refractivity contribution in [2.24, 2.45) is 23.2 Å². The molecule has 2 nitrogen and oxygen atoms in total. The Morgan fingerprint density at radius 1 is 1.13 bits per heavy atom. The van der Waals surface area contributed by atoms with Gasteiger partial charge in [-0.25, -0.2) is 8.78 Å². The first kappa shape index (κ1) is 22.5. The zero-order valence-corrected chi connectivity index (χ0v) is 18.8. The molecule has 0 amide bonds. The maximum Gasteiger partial charge on any atom is 0.238 e. The van der Waals surface area contributed by atoms with Gasteiger partial charge >= 0.3 is 0 Å². The van der Waals surface area contributed by atoms with Gasteiger partial charge in [-0.3, -0.25) is 0 Å².